The van der Waals surface area contributed by atoms with Crippen molar-refractivity contribution in [2.24, 2.45) is 4.99 Å². The summed E-state index contributed by atoms with van der Waals surface area (Å²) < 4.78 is 0. The molecule has 1 aliphatic heterocycles. The van der Waals surface area contributed by atoms with E-state index in [4.69, 9.17) is 0 Å². The number of nitrogens with zero attached hydrogens (tertiary/aromatic N) is 1. The van der Waals surface area contributed by atoms with Gasteiger partial charge in [0, 0.05) is 18.7 Å². The van der Waals surface area contributed by atoms with Crippen LogP contribution in [0.2, 0.25) is 0 Å². The number of aliphatic imine (C=N–C) groups is 1. The van der Waals surface area contributed by atoms with E-state index in [9.17, 15) is 0 Å². The van der Waals surface area contributed by atoms with E-state index in [-0.39, 0.29) is 0 Å². The molecule has 0 aliphatic carbocycles. The highest BCUT2D eigenvalue weighted by Gasteiger charge is 2.10. The number of benzene rings is 1. The van der Waals surface area contributed by atoms with Gasteiger partial charge in [0.15, 0.2) is 0 Å². The average Bonchev–Trinajstić information content (AvgIpc) is 2.67. The largest absolute Gasteiger partial charge is 0.344 e. The SMILES string of the molecule is CCc1cccc(CC)c1NC1=NCCCCC1. The molecule has 0 unspecified atom stereocenters. The minimum absolute atomic E-state index is 0.984. The summed E-state index contributed by atoms with van der Waals surface area (Å²) in [5.41, 5.74) is 4.12. The van der Waals surface area contributed by atoms with Crippen LogP contribution < -0.4 is 5.32 Å². The number of anilines is 1. The second-order valence-electron chi connectivity index (χ2n) is 4.92. The number of para-hydroxylation sites is 1. The molecule has 1 aliphatic rings. The summed E-state index contributed by atoms with van der Waals surface area (Å²) in [5.74, 6) is 1.18. The molecule has 2 rings (SSSR count). The predicted molar refractivity (Wildman–Crippen MR) is 79.6 cm³/mol. The van der Waals surface area contributed by atoms with Gasteiger partial charge >= 0.3 is 0 Å². The lowest BCUT2D eigenvalue weighted by Crippen LogP contribution is -2.14. The number of rotatable bonds is 3. The summed E-state index contributed by atoms with van der Waals surface area (Å²) in [6.45, 7) is 5.42. The first-order valence-electron chi connectivity index (χ1n) is 7.26. The van der Waals surface area contributed by atoms with Crippen LogP contribution in [-0.4, -0.2) is 12.4 Å². The van der Waals surface area contributed by atoms with Crippen molar-refractivity contribution in [2.45, 2.75) is 52.4 Å². The van der Waals surface area contributed by atoms with E-state index < -0.39 is 0 Å². The molecule has 2 heteroatoms. The zero-order valence-corrected chi connectivity index (χ0v) is 11.6. The fourth-order valence-electron chi connectivity index (χ4n) is 2.52. The number of hydrogen-bond donors (Lipinski definition) is 1. The Hall–Kier alpha value is -1.31. The minimum Gasteiger partial charge on any atom is -0.344 e. The minimum atomic E-state index is 0.984. The summed E-state index contributed by atoms with van der Waals surface area (Å²) in [6.07, 6.45) is 7.06. The van der Waals surface area contributed by atoms with Crippen LogP contribution in [0.25, 0.3) is 0 Å². The van der Waals surface area contributed by atoms with Crippen molar-refractivity contribution < 1.29 is 0 Å². The van der Waals surface area contributed by atoms with Gasteiger partial charge in [-0.2, -0.15) is 0 Å². The fourth-order valence-corrected chi connectivity index (χ4v) is 2.52. The Balaban J connectivity index is 2.23. The van der Waals surface area contributed by atoms with Crippen molar-refractivity contribution >= 4 is 11.5 Å². The first-order chi connectivity index (χ1) is 8.85. The fraction of sp³-hybridized carbons (Fsp3) is 0.562. The molecule has 0 atom stereocenters. The van der Waals surface area contributed by atoms with Crippen LogP contribution in [0.4, 0.5) is 5.69 Å². The van der Waals surface area contributed by atoms with Crippen molar-refractivity contribution in [2.75, 3.05) is 11.9 Å². The normalized spacial score (nSPS) is 16.0. The summed E-state index contributed by atoms with van der Waals surface area (Å²) in [6, 6.07) is 6.61. The lowest BCUT2D eigenvalue weighted by atomic mass is 10.0. The molecule has 98 valence electrons. The van der Waals surface area contributed by atoms with Crippen LogP contribution in [0.5, 0.6) is 0 Å². The lowest BCUT2D eigenvalue weighted by molar-refractivity contribution is 0.731. The molecule has 0 fully saturated rings. The molecule has 0 bridgehead atoms. The van der Waals surface area contributed by atoms with Crippen molar-refractivity contribution in [1.82, 2.24) is 0 Å². The smallest absolute Gasteiger partial charge is 0.101 e. The van der Waals surface area contributed by atoms with Gasteiger partial charge in [-0.3, -0.25) is 4.99 Å². The van der Waals surface area contributed by atoms with Gasteiger partial charge in [-0.15, -0.1) is 0 Å². The van der Waals surface area contributed by atoms with Gasteiger partial charge in [0.25, 0.3) is 0 Å². The topological polar surface area (TPSA) is 24.4 Å². The maximum Gasteiger partial charge on any atom is 0.101 e. The monoisotopic (exact) mass is 244 g/mol. The number of nitrogens with one attached hydrogen (secondary N) is 1. The van der Waals surface area contributed by atoms with Gasteiger partial charge in [0.05, 0.1) is 0 Å². The molecule has 0 saturated carbocycles. The predicted octanol–water partition coefficient (Wildman–Crippen LogP) is 4.20. The van der Waals surface area contributed by atoms with E-state index in [0.717, 1.165) is 25.8 Å². The molecular weight excluding hydrogens is 220 g/mol. The summed E-state index contributed by atoms with van der Waals surface area (Å²) in [5, 5.41) is 3.61. The standard InChI is InChI=1S/C16H24N2/c1-3-13-9-8-10-14(4-2)16(13)18-15-11-6-5-7-12-17-15/h8-10H,3-7,11-12H2,1-2H3,(H,17,18). The van der Waals surface area contributed by atoms with Crippen molar-refractivity contribution in [1.29, 1.82) is 0 Å². The molecule has 0 aromatic heterocycles. The van der Waals surface area contributed by atoms with Gasteiger partial charge in [-0.1, -0.05) is 38.5 Å². The molecule has 1 N–H and O–H groups in total. The van der Waals surface area contributed by atoms with Gasteiger partial charge in [0.2, 0.25) is 0 Å². The Kier molecular flexibility index (Phi) is 4.80. The third-order valence-electron chi connectivity index (χ3n) is 3.64. The number of hydrogen-bond acceptors (Lipinski definition) is 2. The maximum absolute atomic E-state index is 4.67. The maximum atomic E-state index is 4.67. The molecule has 1 aromatic carbocycles. The Morgan fingerprint density at radius 1 is 1.06 bits per heavy atom. The molecule has 0 saturated heterocycles. The number of amidine groups is 1. The first kappa shape index (κ1) is 13.1. The van der Waals surface area contributed by atoms with Gasteiger partial charge < -0.3 is 5.32 Å². The van der Waals surface area contributed by atoms with Crippen molar-refractivity contribution in [3.8, 4) is 0 Å². The molecule has 0 amide bonds. The highest BCUT2D eigenvalue weighted by Crippen LogP contribution is 2.23. The zero-order chi connectivity index (χ0) is 12.8. The van der Waals surface area contributed by atoms with E-state index >= 15 is 0 Å². The van der Waals surface area contributed by atoms with Crippen LogP contribution >= 0.6 is 0 Å². The van der Waals surface area contributed by atoms with Gasteiger partial charge in [-0.05, 0) is 36.8 Å². The third kappa shape index (κ3) is 3.12. The molecular formula is C16H24N2. The van der Waals surface area contributed by atoms with Crippen LogP contribution in [-0.2, 0) is 12.8 Å². The molecule has 2 nitrogen and oxygen atoms in total. The van der Waals surface area contributed by atoms with Crippen LogP contribution in [0, 0.1) is 0 Å². The van der Waals surface area contributed by atoms with Crippen LogP contribution in [0.1, 0.15) is 50.7 Å². The van der Waals surface area contributed by atoms with Crippen LogP contribution in [0.15, 0.2) is 23.2 Å². The van der Waals surface area contributed by atoms with Crippen molar-refractivity contribution in [3.63, 3.8) is 0 Å². The highest BCUT2D eigenvalue weighted by molar-refractivity contribution is 5.96. The first-order valence-corrected chi connectivity index (χ1v) is 7.26. The second-order valence-corrected chi connectivity index (χ2v) is 4.92. The van der Waals surface area contributed by atoms with E-state index in [0.29, 0.717) is 0 Å². The molecule has 0 spiro atoms. The summed E-state index contributed by atoms with van der Waals surface area (Å²) in [7, 11) is 0. The van der Waals surface area contributed by atoms with E-state index in [2.05, 4.69) is 42.4 Å². The van der Waals surface area contributed by atoms with Crippen LogP contribution in [0.3, 0.4) is 0 Å². The Labute approximate surface area is 111 Å². The zero-order valence-electron chi connectivity index (χ0n) is 11.6. The Morgan fingerprint density at radius 3 is 2.44 bits per heavy atom. The average molecular weight is 244 g/mol. The summed E-state index contributed by atoms with van der Waals surface area (Å²) in [4.78, 5) is 4.67. The lowest BCUT2D eigenvalue weighted by Gasteiger charge is -2.16. The van der Waals surface area contributed by atoms with E-state index in [1.54, 1.807) is 0 Å². The van der Waals surface area contributed by atoms with Gasteiger partial charge in [0.1, 0.15) is 5.84 Å². The van der Waals surface area contributed by atoms with Crippen molar-refractivity contribution in [3.05, 3.63) is 29.3 Å². The summed E-state index contributed by atoms with van der Waals surface area (Å²) >= 11 is 0. The van der Waals surface area contributed by atoms with E-state index in [1.807, 2.05) is 0 Å². The van der Waals surface area contributed by atoms with E-state index in [1.165, 1.54) is 41.9 Å². The Morgan fingerprint density at radius 2 is 1.78 bits per heavy atom. The molecule has 1 aromatic rings. The quantitative estimate of drug-likeness (QED) is 0.847. The highest BCUT2D eigenvalue weighted by atomic mass is 15.0. The third-order valence-corrected chi connectivity index (χ3v) is 3.64. The number of aryl methyl sites for hydroxylation is 2. The molecule has 0 radical (unpaired) electrons. The second kappa shape index (κ2) is 6.58. The molecule has 1 heterocycles. The van der Waals surface area contributed by atoms with Gasteiger partial charge in [-0.25, -0.2) is 0 Å². The Bertz CT molecular complexity index is 399. The molecule has 18 heavy (non-hydrogen) atoms.